The van der Waals surface area contributed by atoms with Crippen LogP contribution in [-0.2, 0) is 12.8 Å². The number of aromatic nitrogens is 1. The zero-order chi connectivity index (χ0) is 13.5. The first kappa shape index (κ1) is 14.2. The minimum atomic E-state index is 0.618. The lowest BCUT2D eigenvalue weighted by Crippen LogP contribution is -2.25. The van der Waals surface area contributed by atoms with Crippen LogP contribution in [0.5, 0.6) is 0 Å². The van der Waals surface area contributed by atoms with Gasteiger partial charge in [0.2, 0.25) is 0 Å². The summed E-state index contributed by atoms with van der Waals surface area (Å²) in [6.07, 6.45) is 4.09. The maximum absolute atomic E-state index is 4.42. The second-order valence-electron chi connectivity index (χ2n) is 4.93. The summed E-state index contributed by atoms with van der Waals surface area (Å²) >= 11 is 1.76. The number of thiazole rings is 1. The van der Waals surface area contributed by atoms with Gasteiger partial charge in [-0.2, -0.15) is 0 Å². The molecule has 0 bridgehead atoms. The molecule has 1 unspecified atom stereocenters. The number of hydrogen-bond donors (Lipinski definition) is 1. The van der Waals surface area contributed by atoms with Crippen LogP contribution < -0.4 is 5.32 Å². The summed E-state index contributed by atoms with van der Waals surface area (Å²) in [7, 11) is 0. The Hall–Kier alpha value is -1.19. The fourth-order valence-electron chi connectivity index (χ4n) is 2.32. The van der Waals surface area contributed by atoms with Crippen LogP contribution in [-0.4, -0.2) is 18.1 Å². The van der Waals surface area contributed by atoms with Crippen molar-refractivity contribution in [2.75, 3.05) is 13.1 Å². The Bertz CT molecular complexity index is 479. The predicted octanol–water partition coefficient (Wildman–Crippen LogP) is 3.46. The monoisotopic (exact) mass is 274 g/mol. The molecule has 1 N–H and O–H groups in total. The van der Waals surface area contributed by atoms with Crippen molar-refractivity contribution in [2.45, 2.75) is 26.7 Å². The van der Waals surface area contributed by atoms with Crippen LogP contribution >= 0.6 is 11.3 Å². The number of aryl methyl sites for hydroxylation is 1. The van der Waals surface area contributed by atoms with E-state index in [1.54, 1.807) is 11.3 Å². The maximum atomic E-state index is 4.42. The van der Waals surface area contributed by atoms with Gasteiger partial charge in [-0.1, -0.05) is 31.2 Å². The third-order valence-corrected chi connectivity index (χ3v) is 4.20. The lowest BCUT2D eigenvalue weighted by molar-refractivity contribution is 0.476. The quantitative estimate of drug-likeness (QED) is 0.836. The first-order valence-corrected chi connectivity index (χ1v) is 7.81. The van der Waals surface area contributed by atoms with Crippen molar-refractivity contribution in [3.8, 4) is 0 Å². The number of nitrogens with zero attached hydrogens (tertiary/aromatic N) is 1. The van der Waals surface area contributed by atoms with E-state index < -0.39 is 0 Å². The highest BCUT2D eigenvalue weighted by Crippen LogP contribution is 2.18. The van der Waals surface area contributed by atoms with Crippen molar-refractivity contribution in [3.63, 3.8) is 0 Å². The van der Waals surface area contributed by atoms with E-state index in [0.29, 0.717) is 5.92 Å². The molecule has 102 valence electrons. The van der Waals surface area contributed by atoms with Crippen LogP contribution in [0.3, 0.4) is 0 Å². The van der Waals surface area contributed by atoms with Gasteiger partial charge < -0.3 is 5.32 Å². The summed E-state index contributed by atoms with van der Waals surface area (Å²) in [6.45, 7) is 6.45. The number of rotatable bonds is 7. The predicted molar refractivity (Wildman–Crippen MR) is 82.7 cm³/mol. The van der Waals surface area contributed by atoms with Crippen LogP contribution in [0.15, 0.2) is 35.8 Å². The largest absolute Gasteiger partial charge is 0.317 e. The Morgan fingerprint density at radius 2 is 2.11 bits per heavy atom. The normalized spacial score (nSPS) is 12.5. The van der Waals surface area contributed by atoms with E-state index in [4.69, 9.17) is 0 Å². The van der Waals surface area contributed by atoms with E-state index in [0.717, 1.165) is 25.9 Å². The summed E-state index contributed by atoms with van der Waals surface area (Å²) in [6, 6.07) is 8.69. The van der Waals surface area contributed by atoms with Gasteiger partial charge in [0, 0.05) is 18.0 Å². The lowest BCUT2D eigenvalue weighted by Gasteiger charge is -2.17. The van der Waals surface area contributed by atoms with Crippen molar-refractivity contribution < 1.29 is 0 Å². The molecule has 1 aromatic carbocycles. The molecule has 0 radical (unpaired) electrons. The number of benzene rings is 1. The minimum absolute atomic E-state index is 0.618. The van der Waals surface area contributed by atoms with E-state index in [2.05, 4.69) is 53.8 Å². The lowest BCUT2D eigenvalue weighted by atomic mass is 9.93. The van der Waals surface area contributed by atoms with E-state index in [1.807, 2.05) is 6.20 Å². The molecule has 0 amide bonds. The van der Waals surface area contributed by atoms with Crippen molar-refractivity contribution in [2.24, 2.45) is 5.92 Å². The molecule has 2 nitrogen and oxygen atoms in total. The molecule has 1 atom stereocenters. The molecule has 0 saturated carbocycles. The van der Waals surface area contributed by atoms with E-state index in [-0.39, 0.29) is 0 Å². The molecule has 1 aromatic heterocycles. The molecule has 0 fully saturated rings. The van der Waals surface area contributed by atoms with Gasteiger partial charge in [0.05, 0.1) is 5.01 Å². The zero-order valence-electron chi connectivity index (χ0n) is 11.7. The Morgan fingerprint density at radius 3 is 2.79 bits per heavy atom. The average Bonchev–Trinajstić information content (AvgIpc) is 2.91. The molecule has 1 heterocycles. The van der Waals surface area contributed by atoms with E-state index in [9.17, 15) is 0 Å². The molecule has 0 aliphatic carbocycles. The Kier molecular flexibility index (Phi) is 5.55. The summed E-state index contributed by atoms with van der Waals surface area (Å²) < 4.78 is 0. The Morgan fingerprint density at radius 1 is 1.26 bits per heavy atom. The van der Waals surface area contributed by atoms with Gasteiger partial charge in [0.25, 0.3) is 0 Å². The molecule has 19 heavy (non-hydrogen) atoms. The summed E-state index contributed by atoms with van der Waals surface area (Å²) in [5, 5.41) is 6.79. The van der Waals surface area contributed by atoms with Gasteiger partial charge >= 0.3 is 0 Å². The first-order chi connectivity index (χ1) is 9.29. The van der Waals surface area contributed by atoms with Crippen molar-refractivity contribution in [3.05, 3.63) is 52.0 Å². The van der Waals surface area contributed by atoms with E-state index in [1.165, 1.54) is 16.1 Å². The molecule has 3 heteroatoms. The van der Waals surface area contributed by atoms with Gasteiger partial charge in [-0.25, -0.2) is 4.98 Å². The second kappa shape index (κ2) is 7.41. The fraction of sp³-hybridized carbons (Fsp3) is 0.438. The topological polar surface area (TPSA) is 24.9 Å². The summed E-state index contributed by atoms with van der Waals surface area (Å²) in [5.41, 5.74) is 2.85. The summed E-state index contributed by atoms with van der Waals surface area (Å²) in [5.74, 6) is 0.618. The average molecular weight is 274 g/mol. The van der Waals surface area contributed by atoms with Crippen LogP contribution in [0, 0.1) is 12.8 Å². The number of hydrogen-bond acceptors (Lipinski definition) is 3. The van der Waals surface area contributed by atoms with Gasteiger partial charge in [0.1, 0.15) is 0 Å². The minimum Gasteiger partial charge on any atom is -0.317 e. The van der Waals surface area contributed by atoms with Crippen LogP contribution in [0.4, 0.5) is 0 Å². The van der Waals surface area contributed by atoms with E-state index >= 15 is 0 Å². The van der Waals surface area contributed by atoms with Gasteiger partial charge in [-0.15, -0.1) is 11.3 Å². The highest BCUT2D eigenvalue weighted by Gasteiger charge is 2.13. The highest BCUT2D eigenvalue weighted by molar-refractivity contribution is 7.09. The summed E-state index contributed by atoms with van der Waals surface area (Å²) in [4.78, 5) is 4.42. The molecule has 0 aliphatic rings. The Labute approximate surface area is 119 Å². The van der Waals surface area contributed by atoms with Crippen molar-refractivity contribution in [1.29, 1.82) is 0 Å². The van der Waals surface area contributed by atoms with Crippen LogP contribution in [0.1, 0.15) is 23.1 Å². The maximum Gasteiger partial charge on any atom is 0.0928 e. The van der Waals surface area contributed by atoms with Gasteiger partial charge in [-0.05, 0) is 43.5 Å². The number of nitrogens with one attached hydrogen (secondary N) is 1. The van der Waals surface area contributed by atoms with Crippen LogP contribution in [0.25, 0.3) is 0 Å². The molecule has 0 saturated heterocycles. The standard InChI is InChI=1S/C16H22N2S/c1-3-17-12-14(11-16-18-8-9-19-16)10-15-7-5-4-6-13(15)2/h4-9,14,17H,3,10-12H2,1-2H3. The SMILES string of the molecule is CCNCC(Cc1nccs1)Cc1ccccc1C. The molecule has 0 aliphatic heterocycles. The molecule has 2 rings (SSSR count). The van der Waals surface area contributed by atoms with Crippen LogP contribution in [0.2, 0.25) is 0 Å². The highest BCUT2D eigenvalue weighted by atomic mass is 32.1. The molecular weight excluding hydrogens is 252 g/mol. The third-order valence-electron chi connectivity index (χ3n) is 3.40. The van der Waals surface area contributed by atoms with Crippen molar-refractivity contribution >= 4 is 11.3 Å². The fourth-order valence-corrected chi connectivity index (χ4v) is 3.05. The van der Waals surface area contributed by atoms with Crippen molar-refractivity contribution in [1.82, 2.24) is 10.3 Å². The van der Waals surface area contributed by atoms with Gasteiger partial charge in [-0.3, -0.25) is 0 Å². The molecule has 2 aromatic rings. The Balaban J connectivity index is 2.03. The third kappa shape index (κ3) is 4.44. The second-order valence-corrected chi connectivity index (χ2v) is 5.91. The van der Waals surface area contributed by atoms with Gasteiger partial charge in [0.15, 0.2) is 0 Å². The first-order valence-electron chi connectivity index (χ1n) is 6.93. The smallest absolute Gasteiger partial charge is 0.0928 e. The molecular formula is C16H22N2S. The molecule has 0 spiro atoms. The zero-order valence-corrected chi connectivity index (χ0v) is 12.5.